The lowest BCUT2D eigenvalue weighted by Gasteiger charge is -2.04. The maximum atomic E-state index is 11.4. The Bertz CT molecular complexity index is 428. The van der Waals surface area contributed by atoms with Gasteiger partial charge in [-0.1, -0.05) is 0 Å². The second-order valence-corrected chi connectivity index (χ2v) is 3.54. The Labute approximate surface area is 108 Å². The Kier molecular flexibility index (Phi) is 6.10. The highest BCUT2D eigenvalue weighted by Gasteiger charge is 2.08. The zero-order valence-electron chi connectivity index (χ0n) is 10.0. The molecule has 1 heterocycles. The van der Waals surface area contributed by atoms with E-state index >= 15 is 0 Å². The summed E-state index contributed by atoms with van der Waals surface area (Å²) in [5.41, 5.74) is 1.98. The molecule has 0 bridgehead atoms. The predicted octanol–water partition coefficient (Wildman–Crippen LogP) is -0.0780. The fraction of sp³-hybridized carbons (Fsp3) is 0.364. The van der Waals surface area contributed by atoms with Crippen molar-refractivity contribution < 1.29 is 28.7 Å². The summed E-state index contributed by atoms with van der Waals surface area (Å²) in [7, 11) is 0. The number of nitrogens with one attached hydrogen (secondary N) is 2. The number of carboxylic acids is 1. The highest BCUT2D eigenvalue weighted by molar-refractivity contribution is 5.91. The van der Waals surface area contributed by atoms with Gasteiger partial charge in [0.05, 0.1) is 6.26 Å². The van der Waals surface area contributed by atoms with E-state index in [2.05, 4.69) is 10.2 Å². The van der Waals surface area contributed by atoms with E-state index in [1.54, 1.807) is 6.07 Å². The molecular weight excluding hydrogens is 256 g/mol. The molecule has 3 N–H and O–H groups in total. The van der Waals surface area contributed by atoms with Gasteiger partial charge in [0, 0.05) is 13.0 Å². The average Bonchev–Trinajstić information content (AvgIpc) is 2.87. The Balaban J connectivity index is 2.05. The van der Waals surface area contributed by atoms with Gasteiger partial charge in [-0.2, -0.15) is 0 Å². The van der Waals surface area contributed by atoms with E-state index in [0.717, 1.165) is 0 Å². The molecule has 0 radical (unpaired) electrons. The molecule has 0 atom stereocenters. The number of furan rings is 1. The number of hydrogen-bond acceptors (Lipinski definition) is 5. The van der Waals surface area contributed by atoms with Gasteiger partial charge in [-0.3, -0.25) is 14.4 Å². The SMILES string of the molecule is O=C(O)CONC(=O)CCCNC(=O)c1ccco1. The van der Waals surface area contributed by atoms with Crippen molar-refractivity contribution >= 4 is 17.8 Å². The van der Waals surface area contributed by atoms with Gasteiger partial charge in [0.1, 0.15) is 0 Å². The van der Waals surface area contributed by atoms with Gasteiger partial charge in [-0.15, -0.1) is 0 Å². The van der Waals surface area contributed by atoms with Crippen LogP contribution in [0.15, 0.2) is 22.8 Å². The minimum absolute atomic E-state index is 0.109. The van der Waals surface area contributed by atoms with Crippen molar-refractivity contribution in [1.29, 1.82) is 0 Å². The number of rotatable bonds is 8. The van der Waals surface area contributed by atoms with Gasteiger partial charge < -0.3 is 14.8 Å². The quantitative estimate of drug-likeness (QED) is 0.449. The summed E-state index contributed by atoms with van der Waals surface area (Å²) in [5.74, 6) is -1.78. The first-order chi connectivity index (χ1) is 9.09. The first-order valence-electron chi connectivity index (χ1n) is 5.53. The largest absolute Gasteiger partial charge is 0.479 e. The summed E-state index contributed by atoms with van der Waals surface area (Å²) in [6, 6.07) is 3.13. The third-order valence-corrected chi connectivity index (χ3v) is 1.99. The number of carbonyl (C=O) groups excluding carboxylic acids is 2. The van der Waals surface area contributed by atoms with Crippen LogP contribution in [-0.2, 0) is 14.4 Å². The fourth-order valence-corrected chi connectivity index (χ4v) is 1.18. The van der Waals surface area contributed by atoms with Crippen molar-refractivity contribution in [2.24, 2.45) is 0 Å². The van der Waals surface area contributed by atoms with Crippen molar-refractivity contribution in [2.45, 2.75) is 12.8 Å². The molecule has 104 valence electrons. The van der Waals surface area contributed by atoms with E-state index in [1.165, 1.54) is 12.3 Å². The highest BCUT2D eigenvalue weighted by Crippen LogP contribution is 1.99. The fourth-order valence-electron chi connectivity index (χ4n) is 1.18. The van der Waals surface area contributed by atoms with Gasteiger partial charge in [0.15, 0.2) is 12.4 Å². The molecule has 0 unspecified atom stereocenters. The van der Waals surface area contributed by atoms with Crippen LogP contribution < -0.4 is 10.8 Å². The second kappa shape index (κ2) is 7.88. The maximum Gasteiger partial charge on any atom is 0.332 e. The summed E-state index contributed by atoms with van der Waals surface area (Å²) in [6.45, 7) is -0.299. The molecule has 19 heavy (non-hydrogen) atoms. The molecule has 2 amide bonds. The van der Waals surface area contributed by atoms with E-state index in [4.69, 9.17) is 9.52 Å². The third kappa shape index (κ3) is 6.22. The average molecular weight is 270 g/mol. The molecule has 0 saturated carbocycles. The molecule has 0 aliphatic rings. The zero-order chi connectivity index (χ0) is 14.1. The van der Waals surface area contributed by atoms with Gasteiger partial charge in [0.25, 0.3) is 5.91 Å². The zero-order valence-corrected chi connectivity index (χ0v) is 10.0. The lowest BCUT2D eigenvalue weighted by Crippen LogP contribution is -2.28. The lowest BCUT2D eigenvalue weighted by molar-refractivity contribution is -0.149. The highest BCUT2D eigenvalue weighted by atomic mass is 16.7. The van der Waals surface area contributed by atoms with E-state index in [9.17, 15) is 14.4 Å². The van der Waals surface area contributed by atoms with Gasteiger partial charge >= 0.3 is 5.97 Å². The van der Waals surface area contributed by atoms with Crippen LogP contribution in [0.4, 0.5) is 0 Å². The van der Waals surface area contributed by atoms with Gasteiger partial charge in [-0.25, -0.2) is 10.3 Å². The Morgan fingerprint density at radius 1 is 1.37 bits per heavy atom. The number of carbonyl (C=O) groups is 3. The predicted molar refractivity (Wildman–Crippen MR) is 62.0 cm³/mol. The third-order valence-electron chi connectivity index (χ3n) is 1.99. The van der Waals surface area contributed by atoms with Crippen LogP contribution in [0.1, 0.15) is 23.4 Å². The molecule has 1 aromatic heterocycles. The molecule has 0 fully saturated rings. The summed E-state index contributed by atoms with van der Waals surface area (Å²) >= 11 is 0. The van der Waals surface area contributed by atoms with Crippen molar-refractivity contribution in [1.82, 2.24) is 10.8 Å². The molecule has 0 spiro atoms. The molecule has 1 rings (SSSR count). The number of hydrogen-bond donors (Lipinski definition) is 3. The van der Waals surface area contributed by atoms with Gasteiger partial charge in [-0.05, 0) is 18.6 Å². The van der Waals surface area contributed by atoms with E-state index in [0.29, 0.717) is 13.0 Å². The standard InChI is InChI=1S/C11H14N2O6/c14-9(13-19-7-10(15)16)4-1-5-12-11(17)8-3-2-6-18-8/h2-3,6H,1,4-5,7H2,(H,12,17)(H,13,14)(H,15,16). The normalized spacial score (nSPS) is 9.89. The van der Waals surface area contributed by atoms with Crippen LogP contribution in [0.2, 0.25) is 0 Å². The number of hydroxylamine groups is 1. The summed E-state index contributed by atoms with van der Waals surface area (Å²) in [6.07, 6.45) is 1.90. The molecule has 1 aromatic rings. The van der Waals surface area contributed by atoms with E-state index in [-0.39, 0.29) is 18.1 Å². The Morgan fingerprint density at radius 3 is 2.79 bits per heavy atom. The van der Waals surface area contributed by atoms with Gasteiger partial charge in [0.2, 0.25) is 5.91 Å². The van der Waals surface area contributed by atoms with Crippen molar-refractivity contribution in [2.75, 3.05) is 13.2 Å². The number of amides is 2. The minimum atomic E-state index is -1.17. The molecular formula is C11H14N2O6. The summed E-state index contributed by atoms with van der Waals surface area (Å²) in [4.78, 5) is 37.0. The smallest absolute Gasteiger partial charge is 0.332 e. The van der Waals surface area contributed by atoms with Crippen LogP contribution in [0, 0.1) is 0 Å². The molecule has 8 heteroatoms. The second-order valence-electron chi connectivity index (χ2n) is 3.54. The molecule has 0 aliphatic carbocycles. The summed E-state index contributed by atoms with van der Waals surface area (Å²) in [5, 5.41) is 10.8. The topological polar surface area (TPSA) is 118 Å². The van der Waals surface area contributed by atoms with Crippen molar-refractivity contribution in [3.8, 4) is 0 Å². The van der Waals surface area contributed by atoms with Crippen molar-refractivity contribution in [3.05, 3.63) is 24.2 Å². The Morgan fingerprint density at radius 2 is 2.16 bits per heavy atom. The first-order valence-corrected chi connectivity index (χ1v) is 5.53. The van der Waals surface area contributed by atoms with E-state index in [1.807, 2.05) is 5.48 Å². The van der Waals surface area contributed by atoms with Crippen LogP contribution in [0.3, 0.4) is 0 Å². The van der Waals surface area contributed by atoms with Crippen LogP contribution in [0.5, 0.6) is 0 Å². The molecule has 0 aromatic carbocycles. The maximum absolute atomic E-state index is 11.4. The first kappa shape index (κ1) is 14.7. The monoisotopic (exact) mass is 270 g/mol. The molecule has 0 aliphatic heterocycles. The number of aliphatic carboxylic acids is 1. The lowest BCUT2D eigenvalue weighted by atomic mass is 10.3. The Hall–Kier alpha value is -2.35. The number of carboxylic acid groups (broad SMARTS) is 1. The summed E-state index contributed by atoms with van der Waals surface area (Å²) < 4.78 is 4.88. The van der Waals surface area contributed by atoms with Crippen LogP contribution in [0.25, 0.3) is 0 Å². The van der Waals surface area contributed by atoms with E-state index < -0.39 is 18.5 Å². The van der Waals surface area contributed by atoms with Crippen molar-refractivity contribution in [3.63, 3.8) is 0 Å². The van der Waals surface area contributed by atoms with Crippen LogP contribution >= 0.6 is 0 Å². The molecule has 0 saturated heterocycles. The molecule has 8 nitrogen and oxygen atoms in total. The minimum Gasteiger partial charge on any atom is -0.479 e. The van der Waals surface area contributed by atoms with Crippen LogP contribution in [-0.4, -0.2) is 36.0 Å².